The molecule has 0 unspecified atom stereocenters. The van der Waals surface area contributed by atoms with E-state index in [2.05, 4.69) is 0 Å². The van der Waals surface area contributed by atoms with Gasteiger partial charge in [-0.15, -0.1) is 0 Å². The summed E-state index contributed by atoms with van der Waals surface area (Å²) in [6.07, 6.45) is 0. The van der Waals surface area contributed by atoms with Crippen molar-refractivity contribution in [1.29, 1.82) is 0 Å². The molecule has 0 saturated carbocycles. The molecule has 116 valence electrons. The lowest BCUT2D eigenvalue weighted by atomic mass is 10.1. The van der Waals surface area contributed by atoms with E-state index < -0.39 is 0 Å². The van der Waals surface area contributed by atoms with Crippen LogP contribution in [-0.2, 0) is 0 Å². The normalized spacial score (nSPS) is 10.6. The van der Waals surface area contributed by atoms with Crippen molar-refractivity contribution in [3.05, 3.63) is 70.7 Å². The van der Waals surface area contributed by atoms with E-state index in [4.69, 9.17) is 32.9 Å². The van der Waals surface area contributed by atoms with E-state index in [9.17, 15) is 0 Å². The molecule has 4 heteroatoms. The Morgan fingerprint density at radius 2 is 1.43 bits per heavy atom. The van der Waals surface area contributed by atoms with E-state index >= 15 is 0 Å². The average molecular weight is 344 g/mol. The lowest BCUT2D eigenvalue weighted by Gasteiger charge is -2.10. The summed E-state index contributed by atoms with van der Waals surface area (Å²) < 4.78 is 5.68. The van der Waals surface area contributed by atoms with Crippen molar-refractivity contribution >= 4 is 23.2 Å². The van der Waals surface area contributed by atoms with Gasteiger partial charge >= 0.3 is 0 Å². The van der Waals surface area contributed by atoms with Gasteiger partial charge in [0.2, 0.25) is 0 Å². The zero-order chi connectivity index (χ0) is 16.2. The molecular weight excluding hydrogens is 329 g/mol. The zero-order valence-electron chi connectivity index (χ0n) is 12.6. The van der Waals surface area contributed by atoms with Gasteiger partial charge in [0.15, 0.2) is 0 Å². The summed E-state index contributed by atoms with van der Waals surface area (Å²) >= 11 is 12.2. The number of pyridine rings is 1. The number of halogens is 2. The molecule has 0 fully saturated rings. The summed E-state index contributed by atoms with van der Waals surface area (Å²) in [5.41, 5.74) is 3.52. The number of aromatic nitrogens is 1. The minimum atomic E-state index is 0.581. The van der Waals surface area contributed by atoms with E-state index in [1.807, 2.05) is 61.5 Å². The lowest BCUT2D eigenvalue weighted by molar-refractivity contribution is 0.340. The van der Waals surface area contributed by atoms with Gasteiger partial charge in [-0.3, -0.25) is 0 Å². The summed E-state index contributed by atoms with van der Waals surface area (Å²) in [5, 5.41) is 1.16. The third kappa shape index (κ3) is 3.84. The zero-order valence-corrected chi connectivity index (χ0v) is 14.1. The van der Waals surface area contributed by atoms with Gasteiger partial charge < -0.3 is 4.74 Å². The molecule has 0 aliphatic carbocycles. The summed E-state index contributed by atoms with van der Waals surface area (Å²) in [6, 6.07) is 19.2. The van der Waals surface area contributed by atoms with Crippen LogP contribution in [0.25, 0.3) is 22.5 Å². The summed E-state index contributed by atoms with van der Waals surface area (Å²) in [5.74, 6) is 0.771. The highest BCUT2D eigenvalue weighted by Crippen LogP contribution is 2.31. The standard InChI is InChI=1S/C19H15Cl2NO/c1-2-23-17-11-18(13-6-4-3-5-7-13)22-19(12-17)14-8-15(20)10-16(21)9-14/h3-12H,2H2,1H3. The Bertz CT molecular complexity index is 799. The van der Waals surface area contributed by atoms with Crippen LogP contribution in [0.15, 0.2) is 60.7 Å². The molecule has 3 aromatic rings. The van der Waals surface area contributed by atoms with Crippen LogP contribution in [0.4, 0.5) is 0 Å². The largest absolute Gasteiger partial charge is 0.494 e. The van der Waals surface area contributed by atoms with Crippen molar-refractivity contribution in [2.45, 2.75) is 6.92 Å². The third-order valence-electron chi connectivity index (χ3n) is 3.34. The second kappa shape index (κ2) is 7.03. The van der Waals surface area contributed by atoms with Crippen LogP contribution in [0.2, 0.25) is 10.0 Å². The maximum Gasteiger partial charge on any atom is 0.123 e. The molecule has 1 heterocycles. The second-order valence-corrected chi connectivity index (χ2v) is 5.90. The molecule has 0 radical (unpaired) electrons. The molecule has 0 bridgehead atoms. The molecule has 0 atom stereocenters. The van der Waals surface area contributed by atoms with E-state index in [0.717, 1.165) is 28.3 Å². The quantitative estimate of drug-likeness (QED) is 0.569. The number of rotatable bonds is 4. The van der Waals surface area contributed by atoms with Crippen molar-refractivity contribution in [3.63, 3.8) is 0 Å². The predicted molar refractivity (Wildman–Crippen MR) is 96.3 cm³/mol. The maximum absolute atomic E-state index is 6.11. The van der Waals surface area contributed by atoms with E-state index in [1.54, 1.807) is 6.07 Å². The van der Waals surface area contributed by atoms with Gasteiger partial charge in [-0.25, -0.2) is 4.98 Å². The van der Waals surface area contributed by atoms with Gasteiger partial charge in [0.1, 0.15) is 5.75 Å². The smallest absolute Gasteiger partial charge is 0.123 e. The van der Waals surface area contributed by atoms with Crippen LogP contribution in [0.3, 0.4) is 0 Å². The van der Waals surface area contributed by atoms with Gasteiger partial charge in [0.25, 0.3) is 0 Å². The molecule has 2 nitrogen and oxygen atoms in total. The lowest BCUT2D eigenvalue weighted by Crippen LogP contribution is -1.95. The fourth-order valence-corrected chi connectivity index (χ4v) is 2.89. The van der Waals surface area contributed by atoms with Crippen molar-refractivity contribution in [3.8, 4) is 28.3 Å². The average Bonchev–Trinajstić information content (AvgIpc) is 2.55. The van der Waals surface area contributed by atoms with Crippen molar-refractivity contribution in [2.75, 3.05) is 6.61 Å². The first-order valence-corrected chi connectivity index (χ1v) is 8.08. The molecule has 2 aromatic carbocycles. The summed E-state index contributed by atoms with van der Waals surface area (Å²) in [7, 11) is 0. The molecule has 1 aromatic heterocycles. The minimum absolute atomic E-state index is 0.581. The van der Waals surface area contributed by atoms with Crippen molar-refractivity contribution in [1.82, 2.24) is 4.98 Å². The van der Waals surface area contributed by atoms with Crippen LogP contribution in [0.5, 0.6) is 5.75 Å². The first kappa shape index (κ1) is 15.9. The highest BCUT2D eigenvalue weighted by Gasteiger charge is 2.09. The SMILES string of the molecule is CCOc1cc(-c2ccccc2)nc(-c2cc(Cl)cc(Cl)c2)c1. The second-order valence-electron chi connectivity index (χ2n) is 5.03. The van der Waals surface area contributed by atoms with Gasteiger partial charge in [-0.1, -0.05) is 53.5 Å². The molecule has 0 saturated heterocycles. The number of hydrogen-bond acceptors (Lipinski definition) is 2. The third-order valence-corrected chi connectivity index (χ3v) is 3.77. The first-order valence-electron chi connectivity index (χ1n) is 7.32. The monoisotopic (exact) mass is 343 g/mol. The van der Waals surface area contributed by atoms with Crippen molar-refractivity contribution < 1.29 is 4.74 Å². The minimum Gasteiger partial charge on any atom is -0.494 e. The molecule has 3 rings (SSSR count). The van der Waals surface area contributed by atoms with Crippen LogP contribution >= 0.6 is 23.2 Å². The molecular formula is C19H15Cl2NO. The highest BCUT2D eigenvalue weighted by molar-refractivity contribution is 6.35. The molecule has 0 aliphatic rings. The number of hydrogen-bond donors (Lipinski definition) is 0. The van der Waals surface area contributed by atoms with Gasteiger partial charge in [0, 0.05) is 33.3 Å². The Labute approximate surface area is 145 Å². The van der Waals surface area contributed by atoms with Crippen molar-refractivity contribution in [2.24, 2.45) is 0 Å². The van der Waals surface area contributed by atoms with Gasteiger partial charge in [-0.2, -0.15) is 0 Å². The van der Waals surface area contributed by atoms with Crippen LogP contribution < -0.4 is 4.74 Å². The van der Waals surface area contributed by atoms with E-state index in [0.29, 0.717) is 16.7 Å². The molecule has 0 spiro atoms. The molecule has 0 amide bonds. The Morgan fingerprint density at radius 1 is 0.826 bits per heavy atom. The molecule has 0 N–H and O–H groups in total. The van der Waals surface area contributed by atoms with E-state index in [-0.39, 0.29) is 0 Å². The molecule has 0 aliphatic heterocycles. The summed E-state index contributed by atoms with van der Waals surface area (Å²) in [6.45, 7) is 2.55. The van der Waals surface area contributed by atoms with Crippen LogP contribution in [0.1, 0.15) is 6.92 Å². The van der Waals surface area contributed by atoms with Gasteiger partial charge in [0.05, 0.1) is 18.0 Å². The van der Waals surface area contributed by atoms with Gasteiger partial charge in [-0.05, 0) is 25.1 Å². The number of ether oxygens (including phenoxy) is 1. The Morgan fingerprint density at radius 3 is 2.04 bits per heavy atom. The fraction of sp³-hybridized carbons (Fsp3) is 0.105. The highest BCUT2D eigenvalue weighted by atomic mass is 35.5. The topological polar surface area (TPSA) is 22.1 Å². The Kier molecular flexibility index (Phi) is 4.85. The fourth-order valence-electron chi connectivity index (χ4n) is 2.36. The molecule has 23 heavy (non-hydrogen) atoms. The van der Waals surface area contributed by atoms with Crippen LogP contribution in [0, 0.1) is 0 Å². The Hall–Kier alpha value is -2.03. The summed E-state index contributed by atoms with van der Waals surface area (Å²) in [4.78, 5) is 4.74. The predicted octanol–water partition coefficient (Wildman–Crippen LogP) is 6.12. The maximum atomic E-state index is 6.11. The number of benzene rings is 2. The number of nitrogens with zero attached hydrogens (tertiary/aromatic N) is 1. The first-order chi connectivity index (χ1) is 11.2. The Balaban J connectivity index is 2.14. The van der Waals surface area contributed by atoms with E-state index in [1.165, 1.54) is 0 Å². The van der Waals surface area contributed by atoms with Crippen LogP contribution in [-0.4, -0.2) is 11.6 Å².